The van der Waals surface area contributed by atoms with Crippen molar-refractivity contribution in [3.8, 4) is 5.75 Å². The van der Waals surface area contributed by atoms with Gasteiger partial charge in [-0.1, -0.05) is 31.2 Å². The normalized spacial score (nSPS) is 26.6. The van der Waals surface area contributed by atoms with Crippen LogP contribution >= 0.6 is 0 Å². The maximum atomic E-state index is 13.0. The molecule has 1 saturated carbocycles. The molecule has 3 N–H and O–H groups in total. The summed E-state index contributed by atoms with van der Waals surface area (Å²) in [5, 5.41) is 23.2. The fourth-order valence-electron chi connectivity index (χ4n) is 4.44. The lowest BCUT2D eigenvalue weighted by Crippen LogP contribution is -2.56. The van der Waals surface area contributed by atoms with Crippen LogP contribution < -0.4 is 10.1 Å². The standard InChI is InChI=1S/C24H30N2O5/c1-2-3-8-20(28)26(14-15-9-10-15)18-13-17(24(30)25-11-12-27)21-16-6-4-5-7-19(16)31-23(21)22(18)29/h3-8,13,15,18,21-23,27,29H,2,9-12,14H2,1H3,(H,25,30)/t18-,21+,22+,23+/m1/s1. The average Bonchev–Trinajstić information content (AvgIpc) is 3.52. The number of nitrogens with one attached hydrogen (secondary N) is 1. The van der Waals surface area contributed by atoms with Gasteiger partial charge in [0.05, 0.1) is 18.6 Å². The zero-order valence-corrected chi connectivity index (χ0v) is 17.7. The number of amides is 2. The largest absolute Gasteiger partial charge is 0.486 e. The van der Waals surface area contributed by atoms with Gasteiger partial charge >= 0.3 is 0 Å². The molecule has 4 rings (SSSR count). The Morgan fingerprint density at radius 2 is 2.06 bits per heavy atom. The number of aliphatic hydroxyl groups excluding tert-OH is 2. The van der Waals surface area contributed by atoms with Crippen molar-refractivity contribution in [2.45, 2.75) is 50.4 Å². The zero-order chi connectivity index (χ0) is 22.0. The van der Waals surface area contributed by atoms with E-state index in [1.807, 2.05) is 31.2 Å². The Morgan fingerprint density at radius 3 is 2.77 bits per heavy atom. The van der Waals surface area contributed by atoms with Gasteiger partial charge in [0.1, 0.15) is 18.0 Å². The number of para-hydroxylation sites is 1. The summed E-state index contributed by atoms with van der Waals surface area (Å²) in [6.07, 6.45) is 6.31. The van der Waals surface area contributed by atoms with Gasteiger partial charge in [-0.2, -0.15) is 0 Å². The van der Waals surface area contributed by atoms with Crippen molar-refractivity contribution >= 4 is 11.8 Å². The minimum atomic E-state index is -0.968. The van der Waals surface area contributed by atoms with Gasteiger partial charge in [-0.15, -0.1) is 0 Å². The number of hydrogen-bond acceptors (Lipinski definition) is 5. The molecule has 0 bridgehead atoms. The van der Waals surface area contributed by atoms with E-state index < -0.39 is 24.2 Å². The van der Waals surface area contributed by atoms with Crippen molar-refractivity contribution in [3.05, 3.63) is 53.6 Å². The second-order valence-electron chi connectivity index (χ2n) is 8.43. The summed E-state index contributed by atoms with van der Waals surface area (Å²) in [5.74, 6) is 0.155. The van der Waals surface area contributed by atoms with Gasteiger partial charge in [0.2, 0.25) is 11.8 Å². The number of carbonyl (C=O) groups is 2. The molecule has 3 aliphatic rings. The molecule has 31 heavy (non-hydrogen) atoms. The summed E-state index contributed by atoms with van der Waals surface area (Å²) in [6, 6.07) is 6.80. The maximum absolute atomic E-state index is 13.0. The molecule has 1 fully saturated rings. The topological polar surface area (TPSA) is 99.1 Å². The molecule has 166 valence electrons. The lowest BCUT2D eigenvalue weighted by Gasteiger charge is -2.40. The van der Waals surface area contributed by atoms with Crippen molar-refractivity contribution in [1.29, 1.82) is 0 Å². The average molecular weight is 427 g/mol. The Bertz CT molecular complexity index is 892. The summed E-state index contributed by atoms with van der Waals surface area (Å²) < 4.78 is 6.09. The molecule has 1 heterocycles. The van der Waals surface area contributed by atoms with Gasteiger partial charge in [0, 0.05) is 24.2 Å². The van der Waals surface area contributed by atoms with Crippen molar-refractivity contribution in [2.75, 3.05) is 19.7 Å². The summed E-state index contributed by atoms with van der Waals surface area (Å²) in [6.45, 7) is 2.47. The van der Waals surface area contributed by atoms with Crippen molar-refractivity contribution in [3.63, 3.8) is 0 Å². The Labute approximate surface area is 182 Å². The number of allylic oxidation sites excluding steroid dienone is 1. The van der Waals surface area contributed by atoms with Crippen molar-refractivity contribution in [1.82, 2.24) is 10.2 Å². The highest BCUT2D eigenvalue weighted by Crippen LogP contribution is 2.47. The van der Waals surface area contributed by atoms with Crippen molar-refractivity contribution in [2.24, 2.45) is 5.92 Å². The SMILES string of the molecule is CCC=CC(=O)N(CC1CC1)[C@@H]1C=C(C(=O)NCCO)[C@@H]2c3ccccc3O[C@@H]2[C@H]1O. The molecule has 1 aliphatic heterocycles. The molecule has 7 nitrogen and oxygen atoms in total. The van der Waals surface area contributed by atoms with E-state index in [0.717, 1.165) is 24.8 Å². The fourth-order valence-corrected chi connectivity index (χ4v) is 4.44. The second kappa shape index (κ2) is 9.24. The van der Waals surface area contributed by atoms with Gasteiger partial charge < -0.3 is 25.2 Å². The molecule has 1 aromatic rings. The van der Waals surface area contributed by atoms with Gasteiger partial charge in [-0.05, 0) is 43.4 Å². The van der Waals surface area contributed by atoms with Crippen LogP contribution in [-0.4, -0.2) is 64.9 Å². The Hall–Kier alpha value is -2.64. The number of nitrogens with zero attached hydrogens (tertiary/aromatic N) is 1. The summed E-state index contributed by atoms with van der Waals surface area (Å²) >= 11 is 0. The molecule has 1 aromatic carbocycles. The minimum Gasteiger partial charge on any atom is -0.486 e. The molecule has 0 radical (unpaired) electrons. The smallest absolute Gasteiger partial charge is 0.247 e. The van der Waals surface area contributed by atoms with Gasteiger partial charge in [-0.3, -0.25) is 9.59 Å². The van der Waals surface area contributed by atoms with Crippen LogP contribution in [0, 0.1) is 5.92 Å². The lowest BCUT2D eigenvalue weighted by molar-refractivity contribution is -0.132. The molecule has 0 spiro atoms. The molecular weight excluding hydrogens is 396 g/mol. The Balaban J connectivity index is 1.72. The van der Waals surface area contributed by atoms with Crippen LogP contribution in [0.3, 0.4) is 0 Å². The van der Waals surface area contributed by atoms with Crippen LogP contribution in [0.5, 0.6) is 5.75 Å². The number of carbonyl (C=O) groups excluding carboxylic acids is 2. The molecule has 7 heteroatoms. The van der Waals surface area contributed by atoms with E-state index in [4.69, 9.17) is 9.84 Å². The van der Waals surface area contributed by atoms with E-state index in [1.54, 1.807) is 23.1 Å². The molecular formula is C24H30N2O5. The van der Waals surface area contributed by atoms with E-state index in [9.17, 15) is 14.7 Å². The third-order valence-corrected chi connectivity index (χ3v) is 6.17. The first-order valence-corrected chi connectivity index (χ1v) is 11.1. The van der Waals surface area contributed by atoms with Crippen LogP contribution in [0.4, 0.5) is 0 Å². The lowest BCUT2D eigenvalue weighted by atomic mass is 9.77. The number of benzene rings is 1. The third-order valence-electron chi connectivity index (χ3n) is 6.17. The summed E-state index contributed by atoms with van der Waals surface area (Å²) in [7, 11) is 0. The number of ether oxygens (including phenoxy) is 1. The predicted octanol–water partition coefficient (Wildman–Crippen LogP) is 1.51. The fraction of sp³-hybridized carbons (Fsp3) is 0.500. The molecule has 0 unspecified atom stereocenters. The van der Waals surface area contributed by atoms with E-state index >= 15 is 0 Å². The van der Waals surface area contributed by atoms with E-state index in [0.29, 0.717) is 23.8 Å². The minimum absolute atomic E-state index is 0.132. The number of fused-ring (bicyclic) bond motifs is 3. The van der Waals surface area contributed by atoms with Gasteiger partial charge in [0.25, 0.3) is 0 Å². The van der Waals surface area contributed by atoms with Crippen LogP contribution in [0.25, 0.3) is 0 Å². The number of hydrogen-bond donors (Lipinski definition) is 3. The molecule has 0 saturated heterocycles. The van der Waals surface area contributed by atoms with Crippen LogP contribution in [-0.2, 0) is 9.59 Å². The first kappa shape index (κ1) is 21.6. The highest BCUT2D eigenvalue weighted by atomic mass is 16.5. The zero-order valence-electron chi connectivity index (χ0n) is 17.7. The Morgan fingerprint density at radius 1 is 1.29 bits per heavy atom. The monoisotopic (exact) mass is 426 g/mol. The quantitative estimate of drug-likeness (QED) is 0.548. The second-order valence-corrected chi connectivity index (χ2v) is 8.43. The summed E-state index contributed by atoms with van der Waals surface area (Å²) in [5.41, 5.74) is 1.31. The molecule has 4 atom stereocenters. The number of rotatable bonds is 8. The maximum Gasteiger partial charge on any atom is 0.247 e. The van der Waals surface area contributed by atoms with Gasteiger partial charge in [0.15, 0.2) is 0 Å². The first-order chi connectivity index (χ1) is 15.0. The first-order valence-electron chi connectivity index (χ1n) is 11.1. The predicted molar refractivity (Wildman–Crippen MR) is 115 cm³/mol. The van der Waals surface area contributed by atoms with Crippen LogP contribution in [0.2, 0.25) is 0 Å². The molecule has 2 aliphatic carbocycles. The van der Waals surface area contributed by atoms with E-state index in [2.05, 4.69) is 5.32 Å². The van der Waals surface area contributed by atoms with E-state index in [1.165, 1.54) is 0 Å². The Kier molecular flexibility index (Phi) is 6.43. The van der Waals surface area contributed by atoms with Crippen LogP contribution in [0.15, 0.2) is 48.1 Å². The summed E-state index contributed by atoms with van der Waals surface area (Å²) in [4.78, 5) is 27.7. The number of aliphatic hydroxyl groups is 2. The van der Waals surface area contributed by atoms with E-state index in [-0.39, 0.29) is 25.0 Å². The van der Waals surface area contributed by atoms with Crippen molar-refractivity contribution < 1.29 is 24.5 Å². The highest BCUT2D eigenvalue weighted by Gasteiger charge is 2.50. The highest BCUT2D eigenvalue weighted by molar-refractivity contribution is 5.96. The van der Waals surface area contributed by atoms with Crippen LogP contribution in [0.1, 0.15) is 37.7 Å². The molecule has 0 aromatic heterocycles. The molecule has 2 amide bonds. The third kappa shape index (κ3) is 4.38. The van der Waals surface area contributed by atoms with Gasteiger partial charge in [-0.25, -0.2) is 0 Å².